The molecule has 1 saturated carbocycles. The van der Waals surface area contributed by atoms with E-state index in [0.29, 0.717) is 11.5 Å². The quantitative estimate of drug-likeness (QED) is 0.700. The van der Waals surface area contributed by atoms with Gasteiger partial charge in [0.1, 0.15) is 0 Å². The van der Waals surface area contributed by atoms with E-state index >= 15 is 0 Å². The molecule has 0 aromatic rings. The van der Waals surface area contributed by atoms with E-state index in [1.807, 2.05) is 9.80 Å². The number of amides is 2. The van der Waals surface area contributed by atoms with Gasteiger partial charge in [0.05, 0.1) is 0 Å². The molecule has 1 spiro atoms. The first kappa shape index (κ1) is 16.3. The molecule has 1 unspecified atom stereocenters. The van der Waals surface area contributed by atoms with Gasteiger partial charge in [-0.3, -0.25) is 14.5 Å². The van der Waals surface area contributed by atoms with Crippen molar-refractivity contribution in [3.05, 3.63) is 0 Å². The van der Waals surface area contributed by atoms with Crippen molar-refractivity contribution in [3.8, 4) is 0 Å². The van der Waals surface area contributed by atoms with Gasteiger partial charge in [0.25, 0.3) is 0 Å². The van der Waals surface area contributed by atoms with Crippen molar-refractivity contribution in [2.24, 2.45) is 5.41 Å². The molecule has 4 aliphatic rings. The Bertz CT molecular complexity index is 499. The molecule has 1 N–H and O–H groups in total. The monoisotopic (exact) mass is 334 g/mol. The second kappa shape index (κ2) is 6.64. The van der Waals surface area contributed by atoms with Crippen molar-refractivity contribution in [2.45, 2.75) is 44.6 Å². The Balaban J connectivity index is 1.35. The molecule has 4 rings (SSSR count). The maximum atomic E-state index is 12.8. The first-order valence-electron chi connectivity index (χ1n) is 9.70. The number of nitrogens with one attached hydrogen (secondary N) is 1. The van der Waals surface area contributed by atoms with Crippen molar-refractivity contribution >= 4 is 11.8 Å². The van der Waals surface area contributed by atoms with E-state index in [4.69, 9.17) is 0 Å². The second-order valence-electron chi connectivity index (χ2n) is 8.16. The third kappa shape index (κ3) is 3.31. The molecule has 1 atom stereocenters. The van der Waals surface area contributed by atoms with Crippen LogP contribution in [0.1, 0.15) is 38.5 Å². The van der Waals surface area contributed by atoms with Gasteiger partial charge in [-0.1, -0.05) is 0 Å². The number of hydrogen-bond acceptors (Lipinski definition) is 4. The van der Waals surface area contributed by atoms with Gasteiger partial charge in [-0.05, 0) is 43.9 Å². The number of piperidine rings is 2. The highest BCUT2D eigenvalue weighted by Crippen LogP contribution is 2.52. The van der Waals surface area contributed by atoms with Gasteiger partial charge >= 0.3 is 11.8 Å². The summed E-state index contributed by atoms with van der Waals surface area (Å²) in [5.74, 6) is -0.505. The van der Waals surface area contributed by atoms with Crippen molar-refractivity contribution in [1.29, 1.82) is 0 Å². The Labute approximate surface area is 144 Å². The van der Waals surface area contributed by atoms with Crippen LogP contribution < -0.4 is 5.32 Å². The Hall–Kier alpha value is -1.14. The number of carbonyl (C=O) groups excluding carboxylic acids is 2. The van der Waals surface area contributed by atoms with Crippen LogP contribution in [0, 0.1) is 5.41 Å². The van der Waals surface area contributed by atoms with Crippen LogP contribution in [0.5, 0.6) is 0 Å². The Morgan fingerprint density at radius 1 is 0.875 bits per heavy atom. The Kier molecular flexibility index (Phi) is 4.52. The summed E-state index contributed by atoms with van der Waals surface area (Å²) in [6.45, 7) is 7.20. The highest BCUT2D eigenvalue weighted by molar-refractivity contribution is 6.35. The van der Waals surface area contributed by atoms with Crippen molar-refractivity contribution in [2.75, 3.05) is 52.4 Å². The molecule has 0 aromatic carbocycles. The molecule has 1 aliphatic carbocycles. The minimum atomic E-state index is -0.257. The fourth-order valence-corrected chi connectivity index (χ4v) is 4.72. The zero-order valence-electron chi connectivity index (χ0n) is 14.6. The molecule has 3 saturated heterocycles. The molecule has 3 heterocycles. The molecule has 6 heteroatoms. The van der Waals surface area contributed by atoms with Crippen molar-refractivity contribution in [1.82, 2.24) is 20.0 Å². The van der Waals surface area contributed by atoms with Crippen LogP contribution in [0.4, 0.5) is 0 Å². The van der Waals surface area contributed by atoms with Gasteiger partial charge in [0.2, 0.25) is 0 Å². The molecule has 0 aromatic heterocycles. The zero-order chi connectivity index (χ0) is 16.6. The first-order valence-corrected chi connectivity index (χ1v) is 9.70. The van der Waals surface area contributed by atoms with Gasteiger partial charge in [0.15, 0.2) is 0 Å². The molecule has 2 amide bonds. The van der Waals surface area contributed by atoms with Crippen molar-refractivity contribution in [3.63, 3.8) is 0 Å². The number of nitrogens with zero attached hydrogens (tertiary/aromatic N) is 3. The van der Waals surface area contributed by atoms with Crippen LogP contribution in [0.2, 0.25) is 0 Å². The molecular weight excluding hydrogens is 304 g/mol. The van der Waals surface area contributed by atoms with Crippen molar-refractivity contribution < 1.29 is 9.59 Å². The zero-order valence-corrected chi connectivity index (χ0v) is 14.6. The van der Waals surface area contributed by atoms with Crippen LogP contribution in [-0.4, -0.2) is 84.9 Å². The highest BCUT2D eigenvalue weighted by Gasteiger charge is 2.47. The average Bonchev–Trinajstić information content (AvgIpc) is 3.39. The summed E-state index contributed by atoms with van der Waals surface area (Å²) < 4.78 is 0. The number of rotatable bonds is 1. The van der Waals surface area contributed by atoms with Gasteiger partial charge in [-0.15, -0.1) is 0 Å². The van der Waals surface area contributed by atoms with E-state index in [-0.39, 0.29) is 11.8 Å². The van der Waals surface area contributed by atoms with E-state index in [2.05, 4.69) is 10.2 Å². The van der Waals surface area contributed by atoms with Crippen LogP contribution in [0.3, 0.4) is 0 Å². The Morgan fingerprint density at radius 2 is 1.58 bits per heavy atom. The van der Waals surface area contributed by atoms with E-state index in [9.17, 15) is 9.59 Å². The number of hydrogen-bond donors (Lipinski definition) is 1. The van der Waals surface area contributed by atoms with Crippen LogP contribution >= 0.6 is 0 Å². The molecule has 4 fully saturated rings. The fourth-order valence-electron chi connectivity index (χ4n) is 4.72. The SMILES string of the molecule is O=C(C(=O)N1CCCC2(CC2)C1)N1CCCC(N2CCNCC2)C1. The molecule has 0 bridgehead atoms. The van der Waals surface area contributed by atoms with E-state index < -0.39 is 0 Å². The predicted molar refractivity (Wildman–Crippen MR) is 91.5 cm³/mol. The number of piperazine rings is 1. The second-order valence-corrected chi connectivity index (χ2v) is 8.16. The lowest BCUT2D eigenvalue weighted by Gasteiger charge is -2.41. The lowest BCUT2D eigenvalue weighted by atomic mass is 9.95. The van der Waals surface area contributed by atoms with Crippen LogP contribution in [0.25, 0.3) is 0 Å². The smallest absolute Gasteiger partial charge is 0.312 e. The topological polar surface area (TPSA) is 55.9 Å². The molecule has 3 aliphatic heterocycles. The van der Waals surface area contributed by atoms with E-state index in [1.54, 1.807) is 0 Å². The molecule has 6 nitrogen and oxygen atoms in total. The molecule has 0 radical (unpaired) electrons. The van der Waals surface area contributed by atoms with E-state index in [0.717, 1.165) is 71.6 Å². The van der Waals surface area contributed by atoms with Crippen LogP contribution in [0.15, 0.2) is 0 Å². The maximum Gasteiger partial charge on any atom is 0.312 e. The summed E-state index contributed by atoms with van der Waals surface area (Å²) in [5, 5.41) is 3.38. The summed E-state index contributed by atoms with van der Waals surface area (Å²) in [4.78, 5) is 31.6. The summed E-state index contributed by atoms with van der Waals surface area (Å²) in [7, 11) is 0. The fraction of sp³-hybridized carbons (Fsp3) is 0.889. The summed E-state index contributed by atoms with van der Waals surface area (Å²) in [5.41, 5.74) is 0.374. The van der Waals surface area contributed by atoms with Gasteiger partial charge in [-0.25, -0.2) is 0 Å². The first-order chi connectivity index (χ1) is 11.7. The minimum Gasteiger partial charge on any atom is -0.334 e. The highest BCUT2D eigenvalue weighted by atomic mass is 16.2. The van der Waals surface area contributed by atoms with Gasteiger partial charge in [-0.2, -0.15) is 0 Å². The minimum absolute atomic E-state index is 0.248. The van der Waals surface area contributed by atoms with Gasteiger partial charge in [0, 0.05) is 58.4 Å². The Morgan fingerprint density at radius 3 is 2.33 bits per heavy atom. The lowest BCUT2D eigenvalue weighted by Crippen LogP contribution is -2.57. The number of likely N-dealkylation sites (tertiary alicyclic amines) is 2. The molecule has 24 heavy (non-hydrogen) atoms. The lowest BCUT2D eigenvalue weighted by molar-refractivity contribution is -0.154. The summed E-state index contributed by atoms with van der Waals surface area (Å²) in [6.07, 6.45) is 6.92. The maximum absolute atomic E-state index is 12.8. The largest absolute Gasteiger partial charge is 0.334 e. The summed E-state index contributed by atoms with van der Waals surface area (Å²) in [6, 6.07) is 0.425. The standard InChI is InChI=1S/C18H30N4O2/c23-16(17(24)22-10-2-4-18(14-22)5-6-18)21-9-1-3-15(13-21)20-11-7-19-8-12-20/h15,19H,1-14H2. The van der Waals surface area contributed by atoms with E-state index in [1.165, 1.54) is 19.3 Å². The third-order valence-electron chi connectivity index (χ3n) is 6.44. The summed E-state index contributed by atoms with van der Waals surface area (Å²) >= 11 is 0. The van der Waals surface area contributed by atoms with Gasteiger partial charge < -0.3 is 15.1 Å². The predicted octanol–water partition coefficient (Wildman–Crippen LogP) is 0.285. The molecule has 134 valence electrons. The van der Waals surface area contributed by atoms with Crippen LogP contribution in [-0.2, 0) is 9.59 Å². The number of carbonyl (C=O) groups is 2. The normalized spacial score (nSPS) is 30.4. The third-order valence-corrected chi connectivity index (χ3v) is 6.44. The molecular formula is C18H30N4O2. The average molecular weight is 334 g/mol.